The Balaban J connectivity index is 2.78. The van der Waals surface area contributed by atoms with Crippen LogP contribution in [0.3, 0.4) is 0 Å². The van der Waals surface area contributed by atoms with Crippen molar-refractivity contribution in [3.63, 3.8) is 0 Å². The first-order valence-electron chi connectivity index (χ1n) is 3.51. The summed E-state index contributed by atoms with van der Waals surface area (Å²) >= 11 is 0. The number of nitrogens with zero attached hydrogens (tertiary/aromatic N) is 3. The Hall–Kier alpha value is -0.940. The van der Waals surface area contributed by atoms with E-state index >= 15 is 0 Å². The van der Waals surface area contributed by atoms with Crippen molar-refractivity contribution in [3.05, 3.63) is 12.2 Å². The molecule has 1 aromatic heterocycles. The zero-order valence-electron chi connectivity index (χ0n) is 6.65. The Bertz CT molecular complexity index is 220. The molecule has 0 radical (unpaired) electrons. The van der Waals surface area contributed by atoms with E-state index in [9.17, 15) is 0 Å². The van der Waals surface area contributed by atoms with Gasteiger partial charge in [-0.25, -0.2) is 9.67 Å². The van der Waals surface area contributed by atoms with Crippen LogP contribution < -0.4 is 5.48 Å². The number of rotatable bonds is 3. The highest BCUT2D eigenvalue weighted by Gasteiger charge is 2.05. The van der Waals surface area contributed by atoms with Crippen molar-refractivity contribution in [3.8, 4) is 0 Å². The van der Waals surface area contributed by atoms with E-state index in [2.05, 4.69) is 10.1 Å². The molecule has 1 aromatic rings. The van der Waals surface area contributed by atoms with Gasteiger partial charge in [0.25, 0.3) is 0 Å². The minimum Gasteiger partial charge on any atom is -0.316 e. The number of nitrogens with one attached hydrogen (secondary N) is 1. The molecule has 0 unspecified atom stereocenters. The predicted octanol–water partition coefficient (Wildman–Crippen LogP) is 0.338. The molecule has 0 aromatic carbocycles. The molecular formula is C6H12N4O. The summed E-state index contributed by atoms with van der Waals surface area (Å²) < 4.78 is 1.75. The van der Waals surface area contributed by atoms with E-state index in [4.69, 9.17) is 5.21 Å². The average molecular weight is 156 g/mol. The standard InChI is InChI=1S/C6H12N4O/c1-5(2)10-6(3-9-11)7-4-8-10/h4-5,9,11H,3H2,1-2H3. The summed E-state index contributed by atoms with van der Waals surface area (Å²) in [5.41, 5.74) is 2.04. The number of hydrogen-bond acceptors (Lipinski definition) is 4. The van der Waals surface area contributed by atoms with Crippen LogP contribution in [-0.4, -0.2) is 20.0 Å². The van der Waals surface area contributed by atoms with E-state index in [0.717, 1.165) is 5.82 Å². The van der Waals surface area contributed by atoms with E-state index in [1.807, 2.05) is 19.3 Å². The summed E-state index contributed by atoms with van der Waals surface area (Å²) in [6.07, 6.45) is 1.48. The molecule has 0 aliphatic carbocycles. The van der Waals surface area contributed by atoms with Crippen molar-refractivity contribution in [2.75, 3.05) is 0 Å². The van der Waals surface area contributed by atoms with Crippen LogP contribution in [0.5, 0.6) is 0 Å². The van der Waals surface area contributed by atoms with E-state index in [0.29, 0.717) is 6.54 Å². The second-order valence-electron chi connectivity index (χ2n) is 2.55. The summed E-state index contributed by atoms with van der Waals surface area (Å²) in [5.74, 6) is 0.738. The van der Waals surface area contributed by atoms with Crippen molar-refractivity contribution in [2.24, 2.45) is 0 Å². The van der Waals surface area contributed by atoms with Crippen LogP contribution in [0.4, 0.5) is 0 Å². The Morgan fingerprint density at radius 3 is 3.00 bits per heavy atom. The SMILES string of the molecule is CC(C)n1ncnc1CNO. The molecule has 1 heterocycles. The number of hydrogen-bond donors (Lipinski definition) is 2. The molecule has 2 N–H and O–H groups in total. The van der Waals surface area contributed by atoms with Gasteiger partial charge >= 0.3 is 0 Å². The first-order chi connectivity index (χ1) is 5.25. The molecule has 5 heteroatoms. The van der Waals surface area contributed by atoms with Gasteiger partial charge in [-0.15, -0.1) is 0 Å². The summed E-state index contributed by atoms with van der Waals surface area (Å²) in [6.45, 7) is 4.35. The maximum absolute atomic E-state index is 8.41. The highest BCUT2D eigenvalue weighted by Crippen LogP contribution is 2.03. The fourth-order valence-corrected chi connectivity index (χ4v) is 0.903. The highest BCUT2D eigenvalue weighted by molar-refractivity contribution is 4.84. The zero-order chi connectivity index (χ0) is 8.27. The van der Waals surface area contributed by atoms with Gasteiger partial charge in [0.1, 0.15) is 12.2 Å². The van der Waals surface area contributed by atoms with Crippen LogP contribution in [0.15, 0.2) is 6.33 Å². The van der Waals surface area contributed by atoms with Gasteiger partial charge in [-0.2, -0.15) is 10.6 Å². The van der Waals surface area contributed by atoms with Crippen LogP contribution in [0, 0.1) is 0 Å². The topological polar surface area (TPSA) is 63.0 Å². The maximum Gasteiger partial charge on any atom is 0.143 e. The fraction of sp³-hybridized carbons (Fsp3) is 0.667. The quantitative estimate of drug-likeness (QED) is 0.619. The summed E-state index contributed by atoms with van der Waals surface area (Å²) in [6, 6.07) is 0.279. The number of hydroxylamine groups is 1. The van der Waals surface area contributed by atoms with E-state index in [1.54, 1.807) is 4.68 Å². The van der Waals surface area contributed by atoms with Crippen molar-refractivity contribution in [1.29, 1.82) is 0 Å². The molecule has 0 spiro atoms. The second-order valence-corrected chi connectivity index (χ2v) is 2.55. The first kappa shape index (κ1) is 8.16. The van der Waals surface area contributed by atoms with Crippen LogP contribution in [0.2, 0.25) is 0 Å². The van der Waals surface area contributed by atoms with Gasteiger partial charge in [-0.3, -0.25) is 0 Å². The van der Waals surface area contributed by atoms with Crippen molar-refractivity contribution in [1.82, 2.24) is 20.2 Å². The molecule has 0 saturated carbocycles. The van der Waals surface area contributed by atoms with Crippen molar-refractivity contribution < 1.29 is 5.21 Å². The van der Waals surface area contributed by atoms with Gasteiger partial charge in [0.15, 0.2) is 0 Å². The molecular weight excluding hydrogens is 144 g/mol. The largest absolute Gasteiger partial charge is 0.316 e. The molecule has 62 valence electrons. The third-order valence-corrected chi connectivity index (χ3v) is 1.37. The highest BCUT2D eigenvalue weighted by atomic mass is 16.5. The van der Waals surface area contributed by atoms with Gasteiger partial charge in [0.2, 0.25) is 0 Å². The molecule has 0 bridgehead atoms. The van der Waals surface area contributed by atoms with Crippen LogP contribution >= 0.6 is 0 Å². The Morgan fingerprint density at radius 2 is 2.45 bits per heavy atom. The summed E-state index contributed by atoms with van der Waals surface area (Å²) in [7, 11) is 0. The molecule has 0 atom stereocenters. The predicted molar refractivity (Wildman–Crippen MR) is 39.0 cm³/mol. The van der Waals surface area contributed by atoms with Gasteiger partial charge in [0, 0.05) is 6.04 Å². The molecule has 1 rings (SSSR count). The summed E-state index contributed by atoms with van der Waals surface area (Å²) in [5, 5.41) is 12.4. The van der Waals surface area contributed by atoms with Crippen molar-refractivity contribution >= 4 is 0 Å². The van der Waals surface area contributed by atoms with Crippen LogP contribution in [-0.2, 0) is 6.54 Å². The Labute approximate surface area is 65.0 Å². The Morgan fingerprint density at radius 1 is 1.73 bits per heavy atom. The van der Waals surface area contributed by atoms with Gasteiger partial charge in [-0.1, -0.05) is 0 Å². The third kappa shape index (κ3) is 1.75. The molecule has 0 aliphatic rings. The van der Waals surface area contributed by atoms with Crippen LogP contribution in [0.25, 0.3) is 0 Å². The summed E-state index contributed by atoms with van der Waals surface area (Å²) in [4.78, 5) is 3.96. The molecule has 11 heavy (non-hydrogen) atoms. The minimum absolute atomic E-state index is 0.279. The van der Waals surface area contributed by atoms with Crippen LogP contribution in [0.1, 0.15) is 25.7 Å². The first-order valence-corrected chi connectivity index (χ1v) is 3.51. The zero-order valence-corrected chi connectivity index (χ0v) is 6.65. The van der Waals surface area contributed by atoms with Gasteiger partial charge < -0.3 is 5.21 Å². The van der Waals surface area contributed by atoms with Gasteiger partial charge in [0.05, 0.1) is 6.54 Å². The van der Waals surface area contributed by atoms with E-state index < -0.39 is 0 Å². The lowest BCUT2D eigenvalue weighted by Crippen LogP contribution is -2.15. The molecule has 0 saturated heterocycles. The lowest BCUT2D eigenvalue weighted by molar-refractivity contribution is 0.156. The average Bonchev–Trinajstić information content (AvgIpc) is 2.36. The fourth-order valence-electron chi connectivity index (χ4n) is 0.903. The van der Waals surface area contributed by atoms with Gasteiger partial charge in [-0.05, 0) is 13.8 Å². The maximum atomic E-state index is 8.41. The smallest absolute Gasteiger partial charge is 0.143 e. The van der Waals surface area contributed by atoms with Crippen molar-refractivity contribution in [2.45, 2.75) is 26.4 Å². The third-order valence-electron chi connectivity index (χ3n) is 1.37. The molecule has 0 aliphatic heterocycles. The monoisotopic (exact) mass is 156 g/mol. The molecule has 5 nitrogen and oxygen atoms in total. The molecule has 0 amide bonds. The molecule has 0 fully saturated rings. The number of aromatic nitrogens is 3. The lowest BCUT2D eigenvalue weighted by atomic mass is 10.4. The normalized spacial score (nSPS) is 10.9. The second kappa shape index (κ2) is 3.45. The minimum atomic E-state index is 0.279. The van der Waals surface area contributed by atoms with E-state index in [-0.39, 0.29) is 6.04 Å². The lowest BCUT2D eigenvalue weighted by Gasteiger charge is -2.07. The van der Waals surface area contributed by atoms with E-state index in [1.165, 1.54) is 6.33 Å². The Kier molecular flexibility index (Phi) is 2.56.